The molecule has 2 aliphatic rings. The van der Waals surface area contributed by atoms with Gasteiger partial charge in [0.1, 0.15) is 66.9 Å². The lowest BCUT2D eigenvalue weighted by Gasteiger charge is -2.37. The highest BCUT2D eigenvalue weighted by atomic mass is 33.1. The maximum absolute atomic E-state index is 15.7. The van der Waals surface area contributed by atoms with Crippen molar-refractivity contribution in [1.82, 2.24) is 63.4 Å². The number of ketones is 2. The second kappa shape index (κ2) is 47.6. The van der Waals surface area contributed by atoms with Crippen molar-refractivity contribution >= 4 is 68.6 Å². The summed E-state index contributed by atoms with van der Waals surface area (Å²) < 4.78 is 0. The lowest BCUT2D eigenvalue weighted by molar-refractivity contribution is -0.136. The number of nitrogens with one attached hydrogen (secondary N) is 11. The number of carbonyl (C=O) groups excluding carboxylic acids is 8. The summed E-state index contributed by atoms with van der Waals surface area (Å²) in [5.41, 5.74) is 17.4. The van der Waals surface area contributed by atoms with Gasteiger partial charge < -0.3 is 63.2 Å². The van der Waals surface area contributed by atoms with Crippen LogP contribution >= 0.6 is 21.6 Å². The van der Waals surface area contributed by atoms with E-state index in [0.29, 0.717) is 37.1 Å². The Kier molecular flexibility index (Phi) is 37.1. The van der Waals surface area contributed by atoms with E-state index in [2.05, 4.69) is 114 Å². The number of amides is 6. The summed E-state index contributed by atoms with van der Waals surface area (Å²) in [6, 6.07) is 56.1. The van der Waals surface area contributed by atoms with Crippen LogP contribution in [0.4, 0.5) is 0 Å². The molecule has 1 unspecified atom stereocenters. The molecule has 0 saturated carbocycles. The van der Waals surface area contributed by atoms with Crippen molar-refractivity contribution in [3.05, 3.63) is 274 Å². The van der Waals surface area contributed by atoms with Crippen molar-refractivity contribution in [2.75, 3.05) is 24.6 Å². The molecular weight excluding hydrogens is 1620 g/mol. The van der Waals surface area contributed by atoms with E-state index in [-0.39, 0.29) is 61.9 Å². The first-order valence-corrected chi connectivity index (χ1v) is 45.6. The van der Waals surface area contributed by atoms with Crippen molar-refractivity contribution in [1.29, 1.82) is 0 Å². The van der Waals surface area contributed by atoms with Gasteiger partial charge >= 0.3 is 0 Å². The number of Topliss-reactive ketones (excluding diaryl/α,β-unsaturated/α-hetero) is 2. The fraction of sp³-hybridized carbons (Fsp3) is 0.423. The number of rotatable bonds is 32. The highest BCUT2D eigenvalue weighted by molar-refractivity contribution is 8.76. The Morgan fingerprint density at radius 3 is 1.70 bits per heavy atom. The Hall–Kier alpha value is -9.86. The molecule has 6 amide bonds. The van der Waals surface area contributed by atoms with Crippen molar-refractivity contribution in [2.24, 2.45) is 17.6 Å². The van der Waals surface area contributed by atoms with E-state index in [9.17, 15) is 39.9 Å². The lowest BCUT2D eigenvalue weighted by Crippen LogP contribution is -2.62. The van der Waals surface area contributed by atoms with Gasteiger partial charge in [-0.05, 0) is 134 Å². The first kappa shape index (κ1) is 97.3. The molecule has 0 aliphatic carbocycles. The quantitative estimate of drug-likeness (QED) is 0.0114. The van der Waals surface area contributed by atoms with E-state index in [1.165, 1.54) is 13.8 Å². The Labute approximate surface area is 742 Å². The summed E-state index contributed by atoms with van der Waals surface area (Å²) in [6.45, 7) is 16.2. The summed E-state index contributed by atoms with van der Waals surface area (Å²) in [5, 5.41) is 93.8. The van der Waals surface area contributed by atoms with Crippen LogP contribution in [-0.4, -0.2) is 194 Å². The Morgan fingerprint density at radius 1 is 0.568 bits per heavy atom. The van der Waals surface area contributed by atoms with Gasteiger partial charge in [-0.15, -0.1) is 0 Å². The van der Waals surface area contributed by atoms with Crippen LogP contribution in [0.2, 0.25) is 0 Å². The molecule has 2 fully saturated rings. The fourth-order valence-electron chi connectivity index (χ4n) is 15.9. The van der Waals surface area contributed by atoms with E-state index < -0.39 is 157 Å². The molecule has 26 nitrogen and oxygen atoms in total. The van der Waals surface area contributed by atoms with Gasteiger partial charge in [0, 0.05) is 63.0 Å². The number of hydrogen-bond acceptors (Lipinski definition) is 22. The monoisotopic (exact) mass is 1740 g/mol. The van der Waals surface area contributed by atoms with Crippen LogP contribution in [0, 0.1) is 32.6 Å². The average molecular weight is 1750 g/mol. The molecule has 8 aromatic carbocycles. The number of nitrogens with zero attached hydrogens (tertiary/aromatic N) is 1. The molecule has 15 atom stereocenters. The topological polar surface area (TPSA) is 399 Å². The van der Waals surface area contributed by atoms with Gasteiger partial charge in [-0.2, -0.15) is 0 Å². The predicted octanol–water partition coefficient (Wildman–Crippen LogP) is 7.03. The molecule has 0 radical (unpaired) electrons. The van der Waals surface area contributed by atoms with Crippen LogP contribution in [0.15, 0.2) is 212 Å². The van der Waals surface area contributed by atoms with E-state index >= 15 is 24.0 Å². The van der Waals surface area contributed by atoms with Crippen molar-refractivity contribution < 1.29 is 63.9 Å². The maximum atomic E-state index is 15.7. The molecule has 2 heterocycles. The third-order valence-electron chi connectivity index (χ3n) is 22.8. The standard InChI is InChI=1S/C97H125N13O13S2/c1-59(2)47-76(98)96(123)110-46-20-29-84(110)94(121)107-82-57-124-125-58-83(108-95(122)86(60(3)4)109-85(113)56-100-88(115)79(51-66-36-30-61(5)31-37-66)104-91(118)80(52-67-38-32-62(6)33-39-67)105-89(116)78(49-65(9)112)103-92(82)119)93(120)106-81(53-68-40-42-72(43-41-68)71-23-13-10-14-24-71)90(117)102-77(48-64(8)111)87(114)99-54-69-21-19-22-70(50-69)55-101-97(73-25-15-11-16-26-73,74-27-17-12-18-28-74)75-44-34-63(7)35-45-75/h10-19,21-28,30-45,50,59-60,76-88,91,96,99-101,104,109,113-115,118,123H,20,29,46-49,51-58,98H2,1-9H3,(H,102,117)(H,103,119)(H,105,116)(H,106,120)(H,107,121)(H,108,122)/t76-,77-,78-,79-,80-,81-,82-,83-,84-,85+,86-,87+,88-,91?,96+/m0/s1. The number of aliphatic hydroxyl groups is 5. The second-order valence-electron chi connectivity index (χ2n) is 33.9. The zero-order valence-corrected chi connectivity index (χ0v) is 74.4. The summed E-state index contributed by atoms with van der Waals surface area (Å²) in [4.78, 5) is 120. The highest BCUT2D eigenvalue weighted by Crippen LogP contribution is 2.38. The lowest BCUT2D eigenvalue weighted by atomic mass is 9.76. The van der Waals surface area contributed by atoms with Crippen LogP contribution < -0.4 is 64.2 Å². The third kappa shape index (κ3) is 28.8. The average Bonchev–Trinajstić information content (AvgIpc) is 1.44. The molecule has 10 rings (SSSR count). The van der Waals surface area contributed by atoms with Gasteiger partial charge in [0.15, 0.2) is 0 Å². The molecule has 668 valence electrons. The molecular formula is C97H125N13O13S2. The van der Waals surface area contributed by atoms with Gasteiger partial charge in [0.25, 0.3) is 0 Å². The third-order valence-corrected chi connectivity index (χ3v) is 25.2. The minimum atomic E-state index is -1.65. The Balaban J connectivity index is 0.958. The summed E-state index contributed by atoms with van der Waals surface area (Å²) in [5.74, 6) is -6.81. The fourth-order valence-corrected chi connectivity index (χ4v) is 18.3. The van der Waals surface area contributed by atoms with Crippen molar-refractivity contribution in [3.63, 3.8) is 0 Å². The zero-order valence-electron chi connectivity index (χ0n) is 72.8. The number of aryl methyl sites for hydroxylation is 3. The maximum Gasteiger partial charge on any atom is 0.244 e. The molecule has 2 saturated heterocycles. The molecule has 0 aromatic heterocycles. The van der Waals surface area contributed by atoms with Gasteiger partial charge in [0.05, 0.1) is 35.7 Å². The van der Waals surface area contributed by atoms with Gasteiger partial charge in [-0.25, -0.2) is 0 Å². The van der Waals surface area contributed by atoms with Gasteiger partial charge in [0.2, 0.25) is 35.4 Å². The Morgan fingerprint density at radius 2 is 1.12 bits per heavy atom. The number of likely N-dealkylation sites (tertiary alicyclic amines) is 1. The summed E-state index contributed by atoms with van der Waals surface area (Å²) in [7, 11) is 2.01. The van der Waals surface area contributed by atoms with E-state index in [4.69, 9.17) is 5.73 Å². The van der Waals surface area contributed by atoms with Crippen LogP contribution in [0.3, 0.4) is 0 Å². The van der Waals surface area contributed by atoms with Gasteiger partial charge in [-0.3, -0.25) is 69.8 Å². The predicted molar refractivity (Wildman–Crippen MR) is 490 cm³/mol. The molecule has 18 N–H and O–H groups in total. The normalized spacial score (nSPS) is 21.9. The van der Waals surface area contributed by atoms with Gasteiger partial charge in [-0.1, -0.05) is 278 Å². The van der Waals surface area contributed by atoms with Crippen LogP contribution in [0.5, 0.6) is 0 Å². The smallest absolute Gasteiger partial charge is 0.244 e. The largest absolute Gasteiger partial charge is 0.377 e. The number of carbonyl (C=O) groups is 8. The zero-order chi connectivity index (χ0) is 89.9. The molecule has 28 heteroatoms. The van der Waals surface area contributed by atoms with Crippen LogP contribution in [0.1, 0.15) is 135 Å². The van der Waals surface area contributed by atoms with E-state index in [1.807, 2.05) is 191 Å². The van der Waals surface area contributed by atoms with Crippen LogP contribution in [-0.2, 0) is 76.2 Å². The van der Waals surface area contributed by atoms with E-state index in [1.54, 1.807) is 18.7 Å². The van der Waals surface area contributed by atoms with Crippen molar-refractivity contribution in [3.8, 4) is 11.1 Å². The molecule has 2 aliphatic heterocycles. The molecule has 0 bridgehead atoms. The summed E-state index contributed by atoms with van der Waals surface area (Å²) in [6.07, 6.45) is -7.27. The van der Waals surface area contributed by atoms with Crippen molar-refractivity contribution in [2.45, 2.75) is 224 Å². The first-order chi connectivity index (χ1) is 59.9. The number of aliphatic hydroxyl groups excluding tert-OH is 5. The number of hydrogen-bond donors (Lipinski definition) is 17. The molecule has 0 spiro atoms. The SMILES string of the molecule is CC(=O)C[C@@H]1NC(=O)[C@@H](NC(=O)[C@@H]2CCCN2[C@H](O)[C@@H](N)CC(C)C)CSSC[C@@H](C(=O)N[C@@H](Cc2ccc(-c3ccccc3)cc2)C(=O)N[C@@H](CC(C)=O)[C@@H](O)NCc2cccc(CNC(c3ccccc3)(c3ccccc3)c3ccc(C)cc3)c2)NC(=O)[C@H](C(C)C)N[C@H](O)CN[C@@H](O)[C@H](Cc2ccc(C)cc2)NC(O)[C@H](Cc2ccc(C)cc2)NC1=O. The number of β-amino-alcohol motifs (C(OH)–C–C–N with tert-alkyl or cyclic N) is 1. The highest BCUT2D eigenvalue weighted by Gasteiger charge is 2.42. The van der Waals surface area contributed by atoms with Crippen LogP contribution in [0.25, 0.3) is 11.1 Å². The second-order valence-corrected chi connectivity index (χ2v) is 36.5. The molecule has 125 heavy (non-hydrogen) atoms. The summed E-state index contributed by atoms with van der Waals surface area (Å²) >= 11 is 0. The molecule has 8 aromatic rings. The van der Waals surface area contributed by atoms with E-state index in [0.717, 1.165) is 82.8 Å². The minimum Gasteiger partial charge on any atom is -0.377 e. The number of benzene rings is 8. The minimum absolute atomic E-state index is 0.000279. The Bertz CT molecular complexity index is 4760. The number of nitrogens with two attached hydrogens (primary N) is 1. The first-order valence-electron chi connectivity index (χ1n) is 43.1.